The molecule has 1 rings (SSSR count). The third-order valence-corrected chi connectivity index (χ3v) is 2.48. The summed E-state index contributed by atoms with van der Waals surface area (Å²) in [7, 11) is 0. The van der Waals surface area contributed by atoms with Crippen molar-refractivity contribution < 1.29 is 0 Å². The fourth-order valence-electron chi connectivity index (χ4n) is 1.01. The molecule has 0 unspecified atom stereocenters. The minimum absolute atomic E-state index is 1.04. The molecular formula is C11H12S. The highest BCUT2D eigenvalue weighted by Crippen LogP contribution is 2.32. The van der Waals surface area contributed by atoms with Crippen LogP contribution in [0.15, 0.2) is 58.9 Å². The SMILES string of the molecule is C=CC1=C(/C=C\C)SC=CC1=C. The van der Waals surface area contributed by atoms with Crippen molar-refractivity contribution in [2.24, 2.45) is 0 Å². The van der Waals surface area contributed by atoms with Crippen LogP contribution < -0.4 is 0 Å². The lowest BCUT2D eigenvalue weighted by atomic mass is 10.1. The molecule has 12 heavy (non-hydrogen) atoms. The maximum Gasteiger partial charge on any atom is 0.0191 e. The topological polar surface area (TPSA) is 0 Å². The van der Waals surface area contributed by atoms with Gasteiger partial charge >= 0.3 is 0 Å². The van der Waals surface area contributed by atoms with Gasteiger partial charge in [0.1, 0.15) is 0 Å². The van der Waals surface area contributed by atoms with E-state index in [0.717, 1.165) is 11.1 Å². The van der Waals surface area contributed by atoms with Gasteiger partial charge in [0.2, 0.25) is 0 Å². The lowest BCUT2D eigenvalue weighted by Crippen LogP contribution is -1.88. The molecular weight excluding hydrogens is 164 g/mol. The fraction of sp³-hybridized carbons (Fsp3) is 0.0909. The molecule has 0 aromatic rings. The molecule has 62 valence electrons. The predicted molar refractivity (Wildman–Crippen MR) is 57.9 cm³/mol. The Hall–Kier alpha value is -0.950. The van der Waals surface area contributed by atoms with Crippen molar-refractivity contribution in [3.63, 3.8) is 0 Å². The third-order valence-electron chi connectivity index (χ3n) is 1.60. The van der Waals surface area contributed by atoms with Gasteiger partial charge in [-0.3, -0.25) is 0 Å². The molecule has 1 heterocycles. The van der Waals surface area contributed by atoms with E-state index in [1.807, 2.05) is 30.6 Å². The normalized spacial score (nSPS) is 17.6. The largest absolute Gasteiger partial charge is 0.0984 e. The first kappa shape index (κ1) is 9.14. The highest BCUT2D eigenvalue weighted by Gasteiger charge is 2.06. The Morgan fingerprint density at radius 3 is 2.83 bits per heavy atom. The molecule has 0 radical (unpaired) electrons. The molecule has 0 bridgehead atoms. The van der Waals surface area contributed by atoms with E-state index in [4.69, 9.17) is 0 Å². The molecule has 0 aromatic carbocycles. The zero-order valence-corrected chi connectivity index (χ0v) is 8.03. The average molecular weight is 176 g/mol. The fourth-order valence-corrected chi connectivity index (χ4v) is 1.95. The minimum Gasteiger partial charge on any atom is -0.0984 e. The monoisotopic (exact) mass is 176 g/mol. The molecule has 0 spiro atoms. The van der Waals surface area contributed by atoms with Gasteiger partial charge in [0, 0.05) is 4.91 Å². The van der Waals surface area contributed by atoms with E-state index >= 15 is 0 Å². The zero-order valence-electron chi connectivity index (χ0n) is 7.21. The van der Waals surface area contributed by atoms with E-state index in [1.54, 1.807) is 11.8 Å². The van der Waals surface area contributed by atoms with Gasteiger partial charge in [-0.05, 0) is 29.6 Å². The second-order valence-corrected chi connectivity index (χ2v) is 3.38. The van der Waals surface area contributed by atoms with E-state index in [1.165, 1.54) is 4.91 Å². The van der Waals surface area contributed by atoms with E-state index in [2.05, 4.69) is 19.2 Å². The third kappa shape index (κ3) is 1.80. The standard InChI is InChI=1S/C11H12S/c1-4-6-11-10(5-2)9(3)7-8-12-11/h4-8H,2-3H2,1H3/b6-4-. The number of thioether (sulfide) groups is 1. The Balaban J connectivity index is 3.05. The van der Waals surface area contributed by atoms with Gasteiger partial charge in [-0.2, -0.15) is 0 Å². The minimum atomic E-state index is 1.04. The van der Waals surface area contributed by atoms with Gasteiger partial charge in [-0.25, -0.2) is 0 Å². The molecule has 0 saturated heterocycles. The Bertz CT molecular complexity index is 290. The van der Waals surface area contributed by atoms with Crippen LogP contribution in [0.1, 0.15) is 6.92 Å². The van der Waals surface area contributed by atoms with Crippen molar-refractivity contribution in [1.82, 2.24) is 0 Å². The summed E-state index contributed by atoms with van der Waals surface area (Å²) in [6, 6.07) is 0. The van der Waals surface area contributed by atoms with E-state index in [0.29, 0.717) is 0 Å². The second-order valence-electron chi connectivity index (χ2n) is 2.43. The molecule has 0 N–H and O–H groups in total. The van der Waals surface area contributed by atoms with Gasteiger partial charge in [-0.15, -0.1) is 0 Å². The molecule has 1 aliphatic rings. The van der Waals surface area contributed by atoms with Gasteiger partial charge in [0.15, 0.2) is 0 Å². The molecule has 0 nitrogen and oxygen atoms in total. The summed E-state index contributed by atoms with van der Waals surface area (Å²) in [5, 5.41) is 2.05. The molecule has 0 amide bonds. The highest BCUT2D eigenvalue weighted by molar-refractivity contribution is 8.06. The van der Waals surface area contributed by atoms with E-state index < -0.39 is 0 Å². The van der Waals surface area contributed by atoms with Crippen molar-refractivity contribution >= 4 is 11.8 Å². The lowest BCUT2D eigenvalue weighted by Gasteiger charge is -2.11. The van der Waals surface area contributed by atoms with Crippen molar-refractivity contribution in [3.05, 3.63) is 58.9 Å². The number of hydrogen-bond acceptors (Lipinski definition) is 1. The summed E-state index contributed by atoms with van der Waals surface area (Å²) in [6.45, 7) is 9.71. The summed E-state index contributed by atoms with van der Waals surface area (Å²) < 4.78 is 0. The van der Waals surface area contributed by atoms with Crippen LogP contribution >= 0.6 is 11.8 Å². The van der Waals surface area contributed by atoms with Crippen molar-refractivity contribution in [3.8, 4) is 0 Å². The van der Waals surface area contributed by atoms with Crippen LogP contribution in [-0.2, 0) is 0 Å². The van der Waals surface area contributed by atoms with Crippen molar-refractivity contribution in [2.75, 3.05) is 0 Å². The van der Waals surface area contributed by atoms with Crippen molar-refractivity contribution in [2.45, 2.75) is 6.92 Å². The van der Waals surface area contributed by atoms with Crippen LogP contribution in [0, 0.1) is 0 Å². The van der Waals surface area contributed by atoms with Gasteiger partial charge in [0.25, 0.3) is 0 Å². The molecule has 1 heteroatoms. The summed E-state index contributed by atoms with van der Waals surface area (Å²) in [5.41, 5.74) is 2.18. The first-order chi connectivity index (χ1) is 5.79. The van der Waals surface area contributed by atoms with E-state index in [-0.39, 0.29) is 0 Å². The Labute approximate surface area is 78.1 Å². The number of allylic oxidation sites excluding steroid dienone is 6. The quantitative estimate of drug-likeness (QED) is 0.616. The molecule has 0 aliphatic carbocycles. The van der Waals surface area contributed by atoms with Crippen LogP contribution in [0.4, 0.5) is 0 Å². The second kappa shape index (κ2) is 4.17. The van der Waals surface area contributed by atoms with Crippen LogP contribution in [-0.4, -0.2) is 0 Å². The maximum atomic E-state index is 3.94. The Morgan fingerprint density at radius 2 is 2.25 bits per heavy atom. The summed E-state index contributed by atoms with van der Waals surface area (Å²) in [4.78, 5) is 1.22. The number of hydrogen-bond donors (Lipinski definition) is 0. The zero-order chi connectivity index (χ0) is 8.97. The van der Waals surface area contributed by atoms with Gasteiger partial charge in [0.05, 0.1) is 0 Å². The summed E-state index contributed by atoms with van der Waals surface area (Å²) in [5.74, 6) is 0. The van der Waals surface area contributed by atoms with Crippen LogP contribution in [0.2, 0.25) is 0 Å². The van der Waals surface area contributed by atoms with Crippen LogP contribution in [0.25, 0.3) is 0 Å². The Morgan fingerprint density at radius 1 is 1.50 bits per heavy atom. The van der Waals surface area contributed by atoms with Crippen molar-refractivity contribution in [1.29, 1.82) is 0 Å². The smallest absolute Gasteiger partial charge is 0.0191 e. The summed E-state index contributed by atoms with van der Waals surface area (Å²) in [6.07, 6.45) is 7.97. The maximum absolute atomic E-state index is 3.94. The molecule has 0 atom stereocenters. The molecule has 0 aromatic heterocycles. The van der Waals surface area contributed by atoms with Gasteiger partial charge < -0.3 is 0 Å². The average Bonchev–Trinajstić information content (AvgIpc) is 2.05. The van der Waals surface area contributed by atoms with Crippen LogP contribution in [0.5, 0.6) is 0 Å². The highest BCUT2D eigenvalue weighted by atomic mass is 32.2. The van der Waals surface area contributed by atoms with Crippen LogP contribution in [0.3, 0.4) is 0 Å². The number of rotatable bonds is 2. The Kier molecular flexibility index (Phi) is 3.18. The van der Waals surface area contributed by atoms with E-state index in [9.17, 15) is 0 Å². The first-order valence-corrected chi connectivity index (χ1v) is 4.69. The lowest BCUT2D eigenvalue weighted by molar-refractivity contribution is 1.54. The molecule has 0 saturated carbocycles. The molecule has 0 fully saturated rings. The molecule has 1 aliphatic heterocycles. The summed E-state index contributed by atoms with van der Waals surface area (Å²) >= 11 is 1.70. The first-order valence-electron chi connectivity index (χ1n) is 3.81. The van der Waals surface area contributed by atoms with Gasteiger partial charge in [-0.1, -0.05) is 43.1 Å². The predicted octanol–water partition coefficient (Wildman–Crippen LogP) is 3.82.